The molecule has 3 rings (SSSR count). The van der Waals surface area contributed by atoms with Crippen LogP contribution >= 0.6 is 23.2 Å². The topological polar surface area (TPSA) is 124 Å². The van der Waals surface area contributed by atoms with Crippen LogP contribution in [0.1, 0.15) is 70.5 Å². The van der Waals surface area contributed by atoms with E-state index in [0.717, 1.165) is 17.4 Å². The zero-order chi connectivity index (χ0) is 30.9. The average Bonchev–Trinajstić information content (AvgIpc) is 2.83. The second kappa shape index (κ2) is 12.6. The molecular weight excluding hydrogens is 605 g/mol. The van der Waals surface area contributed by atoms with Gasteiger partial charge in [-0.05, 0) is 47.7 Å². The normalized spacial score (nSPS) is 23.9. The number of nitrogens with one attached hydrogen (secondary N) is 2. The minimum absolute atomic E-state index is 0.0496. The van der Waals surface area contributed by atoms with Gasteiger partial charge < -0.3 is 4.90 Å². The van der Waals surface area contributed by atoms with Gasteiger partial charge in [0, 0.05) is 43.4 Å². The zero-order valence-corrected chi connectivity index (χ0v) is 27.3. The molecule has 2 aromatic carbocycles. The number of amides is 2. The summed E-state index contributed by atoms with van der Waals surface area (Å²) < 4.78 is 47.8. The van der Waals surface area contributed by atoms with Gasteiger partial charge in [-0.1, -0.05) is 82.1 Å². The Morgan fingerprint density at radius 2 is 1.66 bits per heavy atom. The third kappa shape index (κ3) is 8.03. The molecule has 8 nitrogen and oxygen atoms in total. The van der Waals surface area contributed by atoms with Crippen molar-refractivity contribution in [2.24, 2.45) is 11.3 Å². The van der Waals surface area contributed by atoms with Gasteiger partial charge in [0.2, 0.25) is 21.8 Å². The monoisotopic (exact) mass is 643 g/mol. The van der Waals surface area contributed by atoms with Crippen LogP contribution in [-0.4, -0.2) is 52.6 Å². The Morgan fingerprint density at radius 3 is 2.17 bits per heavy atom. The van der Waals surface area contributed by atoms with Crippen molar-refractivity contribution in [3.63, 3.8) is 0 Å². The van der Waals surface area contributed by atoms with Crippen molar-refractivity contribution in [2.75, 3.05) is 12.0 Å². The lowest BCUT2D eigenvalue weighted by Gasteiger charge is -2.53. The number of hydrogen-bond donors (Lipinski definition) is 2. The maximum atomic E-state index is 14.6. The summed E-state index contributed by atoms with van der Waals surface area (Å²) in [4.78, 5) is 29.3. The van der Waals surface area contributed by atoms with E-state index >= 15 is 0 Å². The second-order valence-corrected chi connectivity index (χ2v) is 17.2. The highest BCUT2D eigenvalue weighted by Crippen LogP contribution is 2.52. The van der Waals surface area contributed by atoms with Gasteiger partial charge in [-0.3, -0.25) is 19.1 Å². The molecule has 0 spiro atoms. The zero-order valence-electron chi connectivity index (χ0n) is 24.2. The Balaban J connectivity index is 2.29. The highest BCUT2D eigenvalue weighted by atomic mass is 35.5. The van der Waals surface area contributed by atoms with Gasteiger partial charge in [0.25, 0.3) is 0 Å². The van der Waals surface area contributed by atoms with E-state index in [4.69, 9.17) is 28.0 Å². The third-order valence-electron chi connectivity index (χ3n) is 7.75. The molecule has 0 aromatic heterocycles. The SMILES string of the molecule is CC(C)[C@@H](CS(=N)(=O)C(C)C)N1C(=O)[C@@](C)(CC(=O)NS(C)(=O)=O)C[C@H](c2cccc(Cl)c2)[C@H]1c1ccc(Cl)cc1. The molecule has 12 heteroatoms. The number of halogens is 2. The molecule has 1 saturated heterocycles. The van der Waals surface area contributed by atoms with E-state index in [1.54, 1.807) is 43.9 Å². The predicted octanol–water partition coefficient (Wildman–Crippen LogP) is 6.00. The molecule has 0 radical (unpaired) electrons. The summed E-state index contributed by atoms with van der Waals surface area (Å²) in [5.41, 5.74) is 0.322. The summed E-state index contributed by atoms with van der Waals surface area (Å²) in [7, 11) is -6.94. The summed E-state index contributed by atoms with van der Waals surface area (Å²) in [5, 5.41) is 0.596. The van der Waals surface area contributed by atoms with Crippen molar-refractivity contribution in [3.05, 3.63) is 69.7 Å². The van der Waals surface area contributed by atoms with Crippen molar-refractivity contribution < 1.29 is 22.2 Å². The molecule has 0 saturated carbocycles. The number of sulfonamides is 1. The van der Waals surface area contributed by atoms with Crippen LogP contribution in [0, 0.1) is 16.1 Å². The van der Waals surface area contributed by atoms with Crippen LogP contribution in [0.3, 0.4) is 0 Å². The Bertz CT molecular complexity index is 1490. The lowest BCUT2D eigenvalue weighted by Crippen LogP contribution is -2.59. The quantitative estimate of drug-likeness (QED) is 0.328. The maximum Gasteiger partial charge on any atom is 0.234 e. The van der Waals surface area contributed by atoms with E-state index in [-0.39, 0.29) is 36.3 Å². The largest absolute Gasteiger partial charge is 0.330 e. The van der Waals surface area contributed by atoms with Crippen LogP contribution < -0.4 is 4.72 Å². The van der Waals surface area contributed by atoms with Crippen molar-refractivity contribution in [1.29, 1.82) is 4.78 Å². The molecular formula is C29H39Cl2N3O5S2. The number of carbonyl (C=O) groups excluding carboxylic acids is 2. The van der Waals surface area contributed by atoms with Crippen LogP contribution in [0.2, 0.25) is 10.0 Å². The van der Waals surface area contributed by atoms with Gasteiger partial charge in [-0.2, -0.15) is 0 Å². The van der Waals surface area contributed by atoms with E-state index in [1.807, 2.05) is 48.9 Å². The van der Waals surface area contributed by atoms with Crippen LogP contribution in [0.15, 0.2) is 48.5 Å². The van der Waals surface area contributed by atoms with Crippen molar-refractivity contribution in [2.45, 2.75) is 70.7 Å². The van der Waals surface area contributed by atoms with Crippen LogP contribution in [0.4, 0.5) is 0 Å². The summed E-state index contributed by atoms with van der Waals surface area (Å²) in [5.74, 6) is -1.76. The lowest BCUT2D eigenvalue weighted by molar-refractivity contribution is -0.157. The van der Waals surface area contributed by atoms with Gasteiger partial charge in [0.1, 0.15) is 0 Å². The Labute approximate surface area is 254 Å². The van der Waals surface area contributed by atoms with Gasteiger partial charge in [-0.25, -0.2) is 12.6 Å². The average molecular weight is 645 g/mol. The molecule has 5 atom stereocenters. The highest BCUT2D eigenvalue weighted by Gasteiger charge is 2.53. The number of hydrogen-bond acceptors (Lipinski definition) is 6. The Kier molecular flexibility index (Phi) is 10.3. The van der Waals surface area contributed by atoms with Gasteiger partial charge in [0.05, 0.1) is 23.5 Å². The van der Waals surface area contributed by atoms with Crippen LogP contribution in [-0.2, 0) is 29.3 Å². The predicted molar refractivity (Wildman–Crippen MR) is 165 cm³/mol. The van der Waals surface area contributed by atoms with E-state index in [0.29, 0.717) is 10.0 Å². The summed E-state index contributed by atoms with van der Waals surface area (Å²) in [6.45, 7) is 8.97. The minimum Gasteiger partial charge on any atom is -0.330 e. The number of rotatable bonds is 10. The standard InChI is InChI=1S/C29H39Cl2N3O5S2/c1-18(2)25(17-41(32,39)19(3)4)34-27(20-10-12-22(30)13-11-20)24(21-8-7-9-23(31)14-21)15-29(5,28(34)36)16-26(35)33-40(6,37)38/h7-14,18-19,24-25,27,32H,15-17H2,1-6H3,(H,33,35)/t24-,25-,27-,29-,41?/m1/s1. The minimum atomic E-state index is -3.84. The number of likely N-dealkylation sites (tertiary alicyclic amines) is 1. The van der Waals surface area contributed by atoms with Gasteiger partial charge in [-0.15, -0.1) is 0 Å². The highest BCUT2D eigenvalue weighted by molar-refractivity contribution is 7.93. The Hall–Kier alpha value is -2.14. The third-order valence-corrected chi connectivity index (χ3v) is 11.2. The second-order valence-electron chi connectivity index (χ2n) is 11.9. The molecule has 1 fully saturated rings. The van der Waals surface area contributed by atoms with Gasteiger partial charge in [0.15, 0.2) is 0 Å². The van der Waals surface area contributed by atoms with Crippen molar-refractivity contribution in [1.82, 2.24) is 9.62 Å². The van der Waals surface area contributed by atoms with Crippen molar-refractivity contribution >= 4 is 54.8 Å². The summed E-state index contributed by atoms with van der Waals surface area (Å²) in [6, 6.07) is 13.3. The first-order valence-electron chi connectivity index (χ1n) is 13.4. The number of carbonyl (C=O) groups is 2. The fraction of sp³-hybridized carbons (Fsp3) is 0.517. The first-order chi connectivity index (χ1) is 18.8. The first-order valence-corrected chi connectivity index (χ1v) is 17.9. The van der Waals surface area contributed by atoms with Gasteiger partial charge >= 0.3 is 0 Å². The number of piperidine rings is 1. The lowest BCUT2D eigenvalue weighted by atomic mass is 9.66. The van der Waals surface area contributed by atoms with E-state index in [1.165, 1.54) is 0 Å². The fourth-order valence-corrected chi connectivity index (χ4v) is 7.80. The van der Waals surface area contributed by atoms with E-state index in [9.17, 15) is 22.2 Å². The molecule has 2 N–H and O–H groups in total. The molecule has 1 unspecified atom stereocenters. The molecule has 1 aliphatic rings. The molecule has 41 heavy (non-hydrogen) atoms. The number of benzene rings is 2. The molecule has 226 valence electrons. The van der Waals surface area contributed by atoms with Crippen molar-refractivity contribution in [3.8, 4) is 0 Å². The molecule has 0 aliphatic carbocycles. The number of nitrogens with zero attached hydrogens (tertiary/aromatic N) is 1. The molecule has 1 heterocycles. The Morgan fingerprint density at radius 1 is 1.05 bits per heavy atom. The molecule has 2 aromatic rings. The fourth-order valence-electron chi connectivity index (χ4n) is 5.55. The van der Waals surface area contributed by atoms with E-state index in [2.05, 4.69) is 0 Å². The summed E-state index contributed by atoms with van der Waals surface area (Å²) in [6.07, 6.45) is 0.739. The molecule has 1 aliphatic heterocycles. The first kappa shape index (κ1) is 33.4. The van der Waals surface area contributed by atoms with Crippen LogP contribution in [0.5, 0.6) is 0 Å². The maximum absolute atomic E-state index is 14.6. The smallest absolute Gasteiger partial charge is 0.234 e. The molecule has 0 bridgehead atoms. The van der Waals surface area contributed by atoms with E-state index < -0.39 is 48.4 Å². The van der Waals surface area contributed by atoms with Crippen LogP contribution in [0.25, 0.3) is 0 Å². The molecule has 2 amide bonds. The summed E-state index contributed by atoms with van der Waals surface area (Å²) >= 11 is 12.6.